The summed E-state index contributed by atoms with van der Waals surface area (Å²) in [6.45, 7) is 1.67. The zero-order chi connectivity index (χ0) is 20.4. The van der Waals surface area contributed by atoms with Gasteiger partial charge >= 0.3 is 6.18 Å². The number of ether oxygens (including phenoxy) is 1. The third kappa shape index (κ3) is 4.41. The normalized spacial score (nSPS) is 22.8. The smallest absolute Gasteiger partial charge is 0.394 e. The molecule has 0 radical (unpaired) electrons. The van der Waals surface area contributed by atoms with E-state index in [0.29, 0.717) is 19.3 Å². The van der Waals surface area contributed by atoms with E-state index < -0.39 is 17.3 Å². The number of methoxy groups -OCH3 is 1. The highest BCUT2D eigenvalue weighted by Gasteiger charge is 2.44. The highest BCUT2D eigenvalue weighted by atomic mass is 19.4. The summed E-state index contributed by atoms with van der Waals surface area (Å²) in [5.74, 6) is -0.314. The summed E-state index contributed by atoms with van der Waals surface area (Å²) in [5, 5.41) is 9.68. The van der Waals surface area contributed by atoms with Crippen molar-refractivity contribution in [2.45, 2.75) is 31.2 Å². The molecule has 6 nitrogen and oxygen atoms in total. The Hall–Kier alpha value is -2.13. The second kappa shape index (κ2) is 7.85. The summed E-state index contributed by atoms with van der Waals surface area (Å²) < 4.78 is 43.7. The van der Waals surface area contributed by atoms with Crippen LogP contribution >= 0.6 is 0 Å². The number of carbonyl (C=O) groups is 2. The van der Waals surface area contributed by atoms with Gasteiger partial charge in [0.2, 0.25) is 5.91 Å². The van der Waals surface area contributed by atoms with Gasteiger partial charge in [-0.15, -0.1) is 0 Å². The second-order valence-electron chi connectivity index (χ2n) is 6.97. The Kier molecular flexibility index (Phi) is 6.16. The minimum Gasteiger partial charge on any atom is -0.394 e. The van der Waals surface area contributed by atoms with Gasteiger partial charge < -0.3 is 19.6 Å². The third-order valence-electron chi connectivity index (χ3n) is 4.95. The molecule has 2 unspecified atom stereocenters. The Balaban J connectivity index is 2.20. The first kappa shape index (κ1) is 21.2. The highest BCUT2D eigenvalue weighted by Crippen LogP contribution is 2.33. The molecule has 1 saturated heterocycles. The molecule has 0 bridgehead atoms. The standard InChI is InChI=1S/C18H23F3N2O4/c1-17(11-25)7-14(27-3)8-23(17)16(26)9-22(2)15-5-4-13(18(19,20)21)6-12(15)10-24/h4-6,10,14,25H,7-9,11H2,1-3H3. The van der Waals surface area contributed by atoms with Crippen LogP contribution in [0, 0.1) is 0 Å². The summed E-state index contributed by atoms with van der Waals surface area (Å²) in [7, 11) is 3.05. The summed E-state index contributed by atoms with van der Waals surface area (Å²) in [6.07, 6.45) is -3.94. The Morgan fingerprint density at radius 3 is 2.67 bits per heavy atom. The Labute approximate surface area is 155 Å². The quantitative estimate of drug-likeness (QED) is 0.755. The van der Waals surface area contributed by atoms with Crippen LogP contribution in [0.4, 0.5) is 18.9 Å². The van der Waals surface area contributed by atoms with E-state index in [9.17, 15) is 27.9 Å². The van der Waals surface area contributed by atoms with Crippen molar-refractivity contribution in [1.82, 2.24) is 4.90 Å². The number of benzene rings is 1. The summed E-state index contributed by atoms with van der Waals surface area (Å²) in [4.78, 5) is 26.9. The maximum Gasteiger partial charge on any atom is 0.416 e. The minimum atomic E-state index is -4.56. The first-order chi connectivity index (χ1) is 12.6. The number of aliphatic hydroxyl groups is 1. The lowest BCUT2D eigenvalue weighted by atomic mass is 9.99. The zero-order valence-corrected chi connectivity index (χ0v) is 15.4. The van der Waals surface area contributed by atoms with E-state index in [2.05, 4.69) is 0 Å². The Morgan fingerprint density at radius 2 is 2.15 bits per heavy atom. The SMILES string of the molecule is COC1CN(C(=O)CN(C)c2ccc(C(F)(F)F)cc2C=O)C(C)(CO)C1. The molecular weight excluding hydrogens is 365 g/mol. The molecule has 27 heavy (non-hydrogen) atoms. The number of rotatable bonds is 6. The lowest BCUT2D eigenvalue weighted by molar-refractivity contribution is -0.137. The number of hydrogen-bond donors (Lipinski definition) is 1. The van der Waals surface area contributed by atoms with Crippen LogP contribution < -0.4 is 4.90 Å². The molecule has 2 atom stereocenters. The van der Waals surface area contributed by atoms with Crippen molar-refractivity contribution in [3.05, 3.63) is 29.3 Å². The van der Waals surface area contributed by atoms with Gasteiger partial charge in [-0.2, -0.15) is 13.2 Å². The molecule has 150 valence electrons. The molecule has 1 amide bonds. The van der Waals surface area contributed by atoms with E-state index in [-0.39, 0.29) is 36.4 Å². The van der Waals surface area contributed by atoms with Crippen molar-refractivity contribution in [2.24, 2.45) is 0 Å². The maximum absolute atomic E-state index is 12.8. The highest BCUT2D eigenvalue weighted by molar-refractivity contribution is 5.88. The molecule has 1 aromatic carbocycles. The van der Waals surface area contributed by atoms with Crippen LogP contribution in [0.1, 0.15) is 29.3 Å². The van der Waals surface area contributed by atoms with Gasteiger partial charge in [0, 0.05) is 38.4 Å². The predicted molar refractivity (Wildman–Crippen MR) is 92.7 cm³/mol. The van der Waals surface area contributed by atoms with Crippen molar-refractivity contribution in [2.75, 3.05) is 38.8 Å². The van der Waals surface area contributed by atoms with E-state index in [1.807, 2.05) is 0 Å². The number of carbonyl (C=O) groups excluding carboxylic acids is 2. The van der Waals surface area contributed by atoms with Crippen LogP contribution in [0.5, 0.6) is 0 Å². The van der Waals surface area contributed by atoms with Gasteiger partial charge in [0.05, 0.1) is 30.4 Å². The predicted octanol–water partition coefficient (Wildman–Crippen LogP) is 1.95. The van der Waals surface area contributed by atoms with Crippen LogP contribution in [0.25, 0.3) is 0 Å². The first-order valence-electron chi connectivity index (χ1n) is 8.37. The molecule has 0 spiro atoms. The van der Waals surface area contributed by atoms with E-state index in [4.69, 9.17) is 4.74 Å². The molecule has 1 N–H and O–H groups in total. The fraction of sp³-hybridized carbons (Fsp3) is 0.556. The number of halogens is 3. The number of alkyl halides is 3. The van der Waals surface area contributed by atoms with Crippen LogP contribution in [0.2, 0.25) is 0 Å². The van der Waals surface area contributed by atoms with Gasteiger partial charge in [0.15, 0.2) is 6.29 Å². The number of amides is 1. The van der Waals surface area contributed by atoms with Gasteiger partial charge in [-0.25, -0.2) is 0 Å². The van der Waals surface area contributed by atoms with Crippen LogP contribution in [-0.4, -0.2) is 67.7 Å². The van der Waals surface area contributed by atoms with Gasteiger partial charge in [-0.3, -0.25) is 9.59 Å². The van der Waals surface area contributed by atoms with E-state index in [0.717, 1.165) is 12.1 Å². The number of aldehydes is 1. The molecule has 1 aliphatic heterocycles. The largest absolute Gasteiger partial charge is 0.416 e. The molecule has 1 aromatic rings. The van der Waals surface area contributed by atoms with Gasteiger partial charge in [0.1, 0.15) is 0 Å². The van der Waals surface area contributed by atoms with E-state index in [1.165, 1.54) is 30.0 Å². The topological polar surface area (TPSA) is 70.1 Å². The fourth-order valence-electron chi connectivity index (χ4n) is 3.35. The molecule has 1 aliphatic rings. The number of hydrogen-bond acceptors (Lipinski definition) is 5. The van der Waals surface area contributed by atoms with E-state index in [1.54, 1.807) is 6.92 Å². The average molecular weight is 388 g/mol. The van der Waals surface area contributed by atoms with Gasteiger partial charge in [-0.1, -0.05) is 0 Å². The van der Waals surface area contributed by atoms with Crippen molar-refractivity contribution in [1.29, 1.82) is 0 Å². The molecule has 0 saturated carbocycles. The van der Waals surface area contributed by atoms with Crippen molar-refractivity contribution < 1.29 is 32.6 Å². The van der Waals surface area contributed by atoms with Crippen molar-refractivity contribution in [3.8, 4) is 0 Å². The second-order valence-corrected chi connectivity index (χ2v) is 6.97. The molecule has 2 rings (SSSR count). The lowest BCUT2D eigenvalue weighted by Crippen LogP contribution is -2.50. The van der Waals surface area contributed by atoms with Gasteiger partial charge in [-0.05, 0) is 25.1 Å². The molecule has 1 fully saturated rings. The maximum atomic E-state index is 12.8. The summed E-state index contributed by atoms with van der Waals surface area (Å²) in [6, 6.07) is 2.81. The number of likely N-dealkylation sites (tertiary alicyclic amines) is 1. The Bertz CT molecular complexity index is 710. The van der Waals surface area contributed by atoms with Gasteiger partial charge in [0.25, 0.3) is 0 Å². The van der Waals surface area contributed by atoms with Crippen LogP contribution in [0.3, 0.4) is 0 Å². The minimum absolute atomic E-state index is 0.152. The summed E-state index contributed by atoms with van der Waals surface area (Å²) >= 11 is 0. The fourth-order valence-corrected chi connectivity index (χ4v) is 3.35. The number of anilines is 1. The molecule has 9 heteroatoms. The number of aliphatic hydroxyl groups excluding tert-OH is 1. The Morgan fingerprint density at radius 1 is 1.48 bits per heavy atom. The third-order valence-corrected chi connectivity index (χ3v) is 4.95. The van der Waals surface area contributed by atoms with Crippen LogP contribution in [-0.2, 0) is 15.7 Å². The molecule has 0 aromatic heterocycles. The number of likely N-dealkylation sites (N-methyl/N-ethyl adjacent to an activating group) is 1. The van der Waals surface area contributed by atoms with Crippen molar-refractivity contribution in [3.63, 3.8) is 0 Å². The average Bonchev–Trinajstić information content (AvgIpc) is 2.98. The molecular formula is C18H23F3N2O4. The van der Waals surface area contributed by atoms with Crippen molar-refractivity contribution >= 4 is 17.9 Å². The van der Waals surface area contributed by atoms with Crippen LogP contribution in [0.15, 0.2) is 18.2 Å². The lowest BCUT2D eigenvalue weighted by Gasteiger charge is -2.34. The molecule has 1 heterocycles. The zero-order valence-electron chi connectivity index (χ0n) is 15.4. The molecule has 0 aliphatic carbocycles. The monoisotopic (exact) mass is 388 g/mol. The first-order valence-corrected chi connectivity index (χ1v) is 8.37. The van der Waals surface area contributed by atoms with E-state index >= 15 is 0 Å². The number of nitrogens with zero attached hydrogens (tertiary/aromatic N) is 2. The summed E-state index contributed by atoms with van der Waals surface area (Å²) in [5.41, 5.74) is -1.63.